The number of hydrogen-bond donors (Lipinski definition) is 1. The van der Waals surface area contributed by atoms with Gasteiger partial charge in [0.2, 0.25) is 11.9 Å². The number of carbonyl (C=O) groups excluding carboxylic acids is 1. The topological polar surface area (TPSA) is 76.0 Å². The number of nitrogens with one attached hydrogen (secondary N) is 1. The summed E-state index contributed by atoms with van der Waals surface area (Å²) < 4.78 is 67.4. The quantitative estimate of drug-likeness (QED) is 0.218. The van der Waals surface area contributed by atoms with E-state index in [1.54, 1.807) is 29.2 Å². The SMILES string of the molecule is N#Cc1ccc(C2N(c3ccc(F)c(Cl)c3)C(=O)C23CCN(c2nc4cc(F)c(C(F)(F)F)cc4[nH]2)CC3)cc1. The summed E-state index contributed by atoms with van der Waals surface area (Å²) in [6, 6.07) is 14.1. The van der Waals surface area contributed by atoms with Crippen LogP contribution in [-0.2, 0) is 11.0 Å². The van der Waals surface area contributed by atoms with Crippen molar-refractivity contribution in [3.8, 4) is 6.07 Å². The van der Waals surface area contributed by atoms with E-state index in [2.05, 4.69) is 16.0 Å². The van der Waals surface area contributed by atoms with Gasteiger partial charge in [0.15, 0.2) is 0 Å². The molecule has 204 valence electrons. The third kappa shape index (κ3) is 4.05. The number of imidazole rings is 1. The van der Waals surface area contributed by atoms with Crippen molar-refractivity contribution in [1.82, 2.24) is 9.97 Å². The number of H-pyrrole nitrogens is 1. The van der Waals surface area contributed by atoms with E-state index < -0.39 is 34.8 Å². The van der Waals surface area contributed by atoms with Crippen molar-refractivity contribution in [2.45, 2.75) is 25.1 Å². The van der Waals surface area contributed by atoms with Crippen molar-refractivity contribution in [1.29, 1.82) is 5.26 Å². The van der Waals surface area contributed by atoms with E-state index in [0.717, 1.165) is 11.6 Å². The Morgan fingerprint density at radius 3 is 2.35 bits per heavy atom. The monoisotopic (exact) mass is 571 g/mol. The summed E-state index contributed by atoms with van der Waals surface area (Å²) in [4.78, 5) is 24.3. The molecule has 1 amide bonds. The molecular formula is C28H19ClF5N5O. The molecule has 2 saturated heterocycles. The van der Waals surface area contributed by atoms with E-state index in [1.165, 1.54) is 18.2 Å². The molecule has 6 rings (SSSR count). The summed E-state index contributed by atoms with van der Waals surface area (Å²) in [6.07, 6.45) is -4.06. The summed E-state index contributed by atoms with van der Waals surface area (Å²) in [5.41, 5.74) is -0.366. The van der Waals surface area contributed by atoms with Gasteiger partial charge in [-0.2, -0.15) is 18.4 Å². The molecule has 6 nitrogen and oxygen atoms in total. The van der Waals surface area contributed by atoms with Gasteiger partial charge >= 0.3 is 6.18 Å². The van der Waals surface area contributed by atoms with Crippen LogP contribution in [0.1, 0.15) is 35.6 Å². The third-order valence-electron chi connectivity index (χ3n) is 7.78. The van der Waals surface area contributed by atoms with E-state index in [1.807, 2.05) is 4.90 Å². The molecule has 1 N–H and O–H groups in total. The van der Waals surface area contributed by atoms with Crippen LogP contribution >= 0.6 is 11.6 Å². The zero-order chi connectivity index (χ0) is 28.4. The van der Waals surface area contributed by atoms with Crippen molar-refractivity contribution in [3.63, 3.8) is 0 Å². The van der Waals surface area contributed by atoms with Crippen LogP contribution in [0.5, 0.6) is 0 Å². The fourth-order valence-corrected chi connectivity index (χ4v) is 5.93. The van der Waals surface area contributed by atoms with Crippen LogP contribution in [0, 0.1) is 28.4 Å². The number of aromatic nitrogens is 2. The highest BCUT2D eigenvalue weighted by Crippen LogP contribution is 2.58. The Balaban J connectivity index is 1.30. The van der Waals surface area contributed by atoms with Crippen molar-refractivity contribution in [3.05, 3.63) is 87.9 Å². The molecule has 12 heteroatoms. The molecule has 0 radical (unpaired) electrons. The molecule has 0 aliphatic carbocycles. The van der Waals surface area contributed by atoms with Gasteiger partial charge in [-0.3, -0.25) is 4.79 Å². The fraction of sp³-hybridized carbons (Fsp3) is 0.250. The Morgan fingerprint density at radius 1 is 1.02 bits per heavy atom. The van der Waals surface area contributed by atoms with Crippen LogP contribution in [0.3, 0.4) is 0 Å². The Bertz CT molecular complexity index is 1690. The molecule has 40 heavy (non-hydrogen) atoms. The summed E-state index contributed by atoms with van der Waals surface area (Å²) in [7, 11) is 0. The van der Waals surface area contributed by atoms with Gasteiger partial charge in [-0.1, -0.05) is 23.7 Å². The second-order valence-electron chi connectivity index (χ2n) is 9.96. The minimum Gasteiger partial charge on any atom is -0.342 e. The number of nitrogens with zero attached hydrogens (tertiary/aromatic N) is 4. The second kappa shape index (κ2) is 9.20. The first kappa shape index (κ1) is 26.1. The number of rotatable bonds is 3. The molecule has 0 bridgehead atoms. The molecule has 1 spiro atoms. The average molecular weight is 572 g/mol. The van der Waals surface area contributed by atoms with Gasteiger partial charge in [0, 0.05) is 24.8 Å². The van der Waals surface area contributed by atoms with Crippen LogP contribution < -0.4 is 9.80 Å². The zero-order valence-corrected chi connectivity index (χ0v) is 21.3. The number of halogens is 6. The number of benzene rings is 3. The molecule has 2 fully saturated rings. The zero-order valence-electron chi connectivity index (χ0n) is 20.6. The Hall–Kier alpha value is -4.17. The molecule has 4 aromatic rings. The van der Waals surface area contributed by atoms with Gasteiger partial charge < -0.3 is 14.8 Å². The molecule has 3 aromatic carbocycles. The smallest absolute Gasteiger partial charge is 0.342 e. The molecule has 3 heterocycles. The number of alkyl halides is 3. The van der Waals surface area contributed by atoms with Crippen LogP contribution in [-0.4, -0.2) is 29.0 Å². The lowest BCUT2D eigenvalue weighted by Gasteiger charge is -2.59. The van der Waals surface area contributed by atoms with E-state index in [0.29, 0.717) is 43.2 Å². The molecule has 1 atom stereocenters. The normalized spacial score (nSPS) is 18.7. The van der Waals surface area contributed by atoms with E-state index in [4.69, 9.17) is 11.6 Å². The molecule has 2 aliphatic heterocycles. The number of piperidine rings is 1. The highest BCUT2D eigenvalue weighted by molar-refractivity contribution is 6.31. The minimum absolute atomic E-state index is 0.0542. The maximum absolute atomic E-state index is 14.1. The number of carbonyl (C=O) groups is 1. The first-order chi connectivity index (χ1) is 19.0. The van der Waals surface area contributed by atoms with Crippen LogP contribution in [0.15, 0.2) is 54.6 Å². The molecule has 1 aromatic heterocycles. The third-order valence-corrected chi connectivity index (χ3v) is 8.07. The van der Waals surface area contributed by atoms with Gasteiger partial charge in [0.05, 0.1) is 44.7 Å². The maximum atomic E-state index is 14.1. The highest BCUT2D eigenvalue weighted by atomic mass is 35.5. The lowest BCUT2D eigenvalue weighted by molar-refractivity contribution is -0.142. The minimum atomic E-state index is -4.84. The molecule has 1 unspecified atom stereocenters. The Morgan fingerprint density at radius 2 is 1.73 bits per heavy atom. The van der Waals surface area contributed by atoms with E-state index >= 15 is 0 Å². The van der Waals surface area contributed by atoms with Crippen LogP contribution in [0.2, 0.25) is 5.02 Å². The summed E-state index contributed by atoms with van der Waals surface area (Å²) in [5, 5.41) is 9.10. The van der Waals surface area contributed by atoms with Gasteiger partial charge in [-0.25, -0.2) is 13.8 Å². The van der Waals surface area contributed by atoms with Crippen molar-refractivity contribution in [2.24, 2.45) is 5.41 Å². The van der Waals surface area contributed by atoms with Crippen molar-refractivity contribution < 1.29 is 26.7 Å². The first-order valence-corrected chi connectivity index (χ1v) is 12.7. The number of fused-ring (bicyclic) bond motifs is 1. The van der Waals surface area contributed by atoms with Crippen LogP contribution in [0.4, 0.5) is 33.6 Å². The summed E-state index contributed by atoms with van der Waals surface area (Å²) in [5.74, 6) is -1.88. The number of anilines is 2. The fourth-order valence-electron chi connectivity index (χ4n) is 5.75. The highest BCUT2D eigenvalue weighted by Gasteiger charge is 2.62. The van der Waals surface area contributed by atoms with Gasteiger partial charge in [-0.05, 0) is 54.8 Å². The number of nitriles is 1. The molecule has 0 saturated carbocycles. The number of amides is 1. The maximum Gasteiger partial charge on any atom is 0.419 e. The Kier molecular flexibility index (Phi) is 6.00. The van der Waals surface area contributed by atoms with Crippen molar-refractivity contribution in [2.75, 3.05) is 22.9 Å². The van der Waals surface area contributed by atoms with Gasteiger partial charge in [-0.15, -0.1) is 0 Å². The lowest BCUT2D eigenvalue weighted by Crippen LogP contribution is -2.66. The largest absolute Gasteiger partial charge is 0.419 e. The predicted octanol–water partition coefficient (Wildman–Crippen LogP) is 6.76. The number of β-lactam (4-membered cyclic amide) rings is 1. The first-order valence-electron chi connectivity index (χ1n) is 12.3. The lowest BCUT2D eigenvalue weighted by atomic mass is 9.62. The standard InChI is InChI=1S/C28H19ClF5N5O/c29-19-11-17(5-6-20(19)30)39-24(16-3-1-15(14-35)2-4-16)27(25(39)40)7-9-38(10-8-27)26-36-22-12-18(28(32,33)34)21(31)13-23(22)37-26/h1-6,11-13,24H,7-10H2,(H,36,37). The predicted molar refractivity (Wildman–Crippen MR) is 138 cm³/mol. The van der Waals surface area contributed by atoms with Crippen molar-refractivity contribution >= 4 is 40.2 Å². The van der Waals surface area contributed by atoms with E-state index in [9.17, 15) is 32.0 Å². The Labute approximate surface area is 229 Å². The van der Waals surface area contributed by atoms with Gasteiger partial charge in [0.25, 0.3) is 0 Å². The second-order valence-corrected chi connectivity index (χ2v) is 10.4. The molecule has 2 aliphatic rings. The number of hydrogen-bond acceptors (Lipinski definition) is 4. The van der Waals surface area contributed by atoms with Crippen LogP contribution in [0.25, 0.3) is 11.0 Å². The van der Waals surface area contributed by atoms with E-state index in [-0.39, 0.29) is 27.9 Å². The number of aromatic amines is 1. The average Bonchev–Trinajstić information content (AvgIpc) is 3.35. The summed E-state index contributed by atoms with van der Waals surface area (Å²) >= 11 is 6.01. The summed E-state index contributed by atoms with van der Waals surface area (Å²) in [6.45, 7) is 0.704. The molecular weight excluding hydrogens is 553 g/mol. The van der Waals surface area contributed by atoms with Gasteiger partial charge in [0.1, 0.15) is 11.6 Å².